The Hall–Kier alpha value is -1.91. The van der Waals surface area contributed by atoms with E-state index in [0.29, 0.717) is 21.4 Å². The molecule has 1 N–H and O–H groups in total. The lowest BCUT2D eigenvalue weighted by molar-refractivity contribution is 0.102. The van der Waals surface area contributed by atoms with Gasteiger partial charge < -0.3 is 15.0 Å². The molecule has 3 rings (SSSR count). The molecule has 0 radical (unpaired) electrons. The number of carbonyl (C=O) groups excluding carboxylic acids is 1. The zero-order valence-electron chi connectivity index (χ0n) is 13.5. The Kier molecular flexibility index (Phi) is 4.88. The number of likely N-dealkylation sites (N-methyl/N-ethyl adjacent to an activating group) is 1. The monoisotopic (exact) mass is 364 g/mol. The van der Waals surface area contributed by atoms with Gasteiger partial charge >= 0.3 is 0 Å². The molecule has 0 aliphatic carbocycles. The molecule has 0 saturated heterocycles. The molecule has 1 aliphatic heterocycles. The van der Waals surface area contributed by atoms with Gasteiger partial charge in [-0.2, -0.15) is 0 Å². The first kappa shape index (κ1) is 16.9. The van der Waals surface area contributed by atoms with Gasteiger partial charge in [0.1, 0.15) is 0 Å². The van der Waals surface area contributed by atoms with E-state index in [-0.39, 0.29) is 5.91 Å². The molecule has 2 aromatic carbocycles. The van der Waals surface area contributed by atoms with Crippen molar-refractivity contribution in [3.8, 4) is 5.75 Å². The van der Waals surface area contributed by atoms with Crippen molar-refractivity contribution in [1.82, 2.24) is 0 Å². The zero-order chi connectivity index (χ0) is 17.3. The Bertz CT molecular complexity index is 770. The number of nitrogens with one attached hydrogen (secondary N) is 1. The molecule has 6 heteroatoms. The molecule has 0 unspecified atom stereocenters. The molecular weight excluding hydrogens is 347 g/mol. The first-order valence-corrected chi connectivity index (χ1v) is 8.51. The third-order valence-corrected chi connectivity index (χ3v) is 4.74. The van der Waals surface area contributed by atoms with Crippen LogP contribution in [0.1, 0.15) is 22.8 Å². The summed E-state index contributed by atoms with van der Waals surface area (Å²) < 4.78 is 5.10. The molecule has 0 saturated carbocycles. The molecule has 0 aromatic heterocycles. The number of carbonyl (C=O) groups is 1. The number of fused-ring (bicyclic) bond motifs is 1. The predicted molar refractivity (Wildman–Crippen MR) is 99.0 cm³/mol. The van der Waals surface area contributed by atoms with Crippen molar-refractivity contribution in [2.75, 3.05) is 30.4 Å². The van der Waals surface area contributed by atoms with Crippen LogP contribution in [-0.4, -0.2) is 26.1 Å². The maximum absolute atomic E-state index is 12.5. The number of ether oxygens (including phenoxy) is 1. The molecule has 1 amide bonds. The summed E-state index contributed by atoms with van der Waals surface area (Å²) in [6.45, 7) is 4.10. The minimum Gasteiger partial charge on any atom is -0.494 e. The van der Waals surface area contributed by atoms with Crippen molar-refractivity contribution in [3.05, 3.63) is 51.5 Å². The van der Waals surface area contributed by atoms with E-state index >= 15 is 0 Å². The Morgan fingerprint density at radius 2 is 1.96 bits per heavy atom. The van der Waals surface area contributed by atoms with Crippen LogP contribution in [0, 0.1) is 0 Å². The average Bonchev–Trinajstić information content (AvgIpc) is 2.96. The number of halogens is 2. The molecule has 126 valence electrons. The number of hydrogen-bond acceptors (Lipinski definition) is 3. The van der Waals surface area contributed by atoms with Gasteiger partial charge in [0, 0.05) is 30.0 Å². The van der Waals surface area contributed by atoms with Crippen LogP contribution in [0.5, 0.6) is 5.75 Å². The van der Waals surface area contributed by atoms with Gasteiger partial charge in [0.2, 0.25) is 0 Å². The van der Waals surface area contributed by atoms with E-state index < -0.39 is 0 Å². The van der Waals surface area contributed by atoms with Crippen LogP contribution in [0.4, 0.5) is 11.4 Å². The van der Waals surface area contributed by atoms with Crippen LogP contribution in [0.3, 0.4) is 0 Å². The Labute approximate surface area is 151 Å². The summed E-state index contributed by atoms with van der Waals surface area (Å²) in [7, 11) is 1.48. The molecular formula is C18H18Cl2N2O2. The molecule has 1 heterocycles. The van der Waals surface area contributed by atoms with E-state index in [2.05, 4.69) is 23.2 Å². The molecule has 0 fully saturated rings. The summed E-state index contributed by atoms with van der Waals surface area (Å²) >= 11 is 12.2. The number of methoxy groups -OCH3 is 1. The van der Waals surface area contributed by atoms with E-state index in [1.807, 2.05) is 12.1 Å². The number of hydrogen-bond donors (Lipinski definition) is 1. The highest BCUT2D eigenvalue weighted by molar-refractivity contribution is 6.37. The second-order valence-corrected chi connectivity index (χ2v) is 6.41. The fourth-order valence-electron chi connectivity index (χ4n) is 2.94. The highest BCUT2D eigenvalue weighted by Crippen LogP contribution is 2.34. The van der Waals surface area contributed by atoms with Gasteiger partial charge in [-0.15, -0.1) is 0 Å². The van der Waals surface area contributed by atoms with Crippen LogP contribution in [0.15, 0.2) is 30.3 Å². The summed E-state index contributed by atoms with van der Waals surface area (Å²) in [4.78, 5) is 14.8. The first-order chi connectivity index (χ1) is 11.5. The van der Waals surface area contributed by atoms with Gasteiger partial charge in [-0.3, -0.25) is 4.79 Å². The minimum absolute atomic E-state index is 0.262. The second kappa shape index (κ2) is 6.91. The number of nitrogens with zero attached hydrogens (tertiary/aromatic N) is 1. The number of amides is 1. The van der Waals surface area contributed by atoms with E-state index in [4.69, 9.17) is 27.9 Å². The van der Waals surface area contributed by atoms with Crippen LogP contribution in [0.25, 0.3) is 0 Å². The Morgan fingerprint density at radius 3 is 2.58 bits per heavy atom. The number of benzene rings is 2. The largest absolute Gasteiger partial charge is 0.494 e. The lowest BCUT2D eigenvalue weighted by atomic mass is 10.1. The van der Waals surface area contributed by atoms with Gasteiger partial charge in [0.05, 0.1) is 17.2 Å². The van der Waals surface area contributed by atoms with Gasteiger partial charge in [-0.05, 0) is 43.2 Å². The fraction of sp³-hybridized carbons (Fsp3) is 0.278. The highest BCUT2D eigenvalue weighted by atomic mass is 35.5. The third kappa shape index (κ3) is 3.17. The van der Waals surface area contributed by atoms with Crippen molar-refractivity contribution in [3.63, 3.8) is 0 Å². The van der Waals surface area contributed by atoms with Crippen LogP contribution in [-0.2, 0) is 6.42 Å². The summed E-state index contributed by atoms with van der Waals surface area (Å²) in [5.41, 5.74) is 3.63. The summed E-state index contributed by atoms with van der Waals surface area (Å²) in [6.07, 6.45) is 1.04. The van der Waals surface area contributed by atoms with Crippen molar-refractivity contribution < 1.29 is 9.53 Å². The van der Waals surface area contributed by atoms with Crippen molar-refractivity contribution in [2.45, 2.75) is 13.3 Å². The fourth-order valence-corrected chi connectivity index (χ4v) is 3.58. The van der Waals surface area contributed by atoms with Crippen molar-refractivity contribution >= 4 is 40.5 Å². The second-order valence-electron chi connectivity index (χ2n) is 5.60. The van der Waals surface area contributed by atoms with E-state index in [1.54, 1.807) is 12.1 Å². The average molecular weight is 365 g/mol. The van der Waals surface area contributed by atoms with Gasteiger partial charge in [0.15, 0.2) is 5.75 Å². The van der Waals surface area contributed by atoms with E-state index in [0.717, 1.165) is 25.2 Å². The van der Waals surface area contributed by atoms with Gasteiger partial charge in [-0.1, -0.05) is 29.3 Å². The predicted octanol–water partition coefficient (Wildman–Crippen LogP) is 4.64. The first-order valence-electron chi connectivity index (χ1n) is 7.75. The smallest absolute Gasteiger partial charge is 0.255 e. The Morgan fingerprint density at radius 1 is 1.25 bits per heavy atom. The summed E-state index contributed by atoms with van der Waals surface area (Å²) in [5.74, 6) is 0.105. The number of rotatable bonds is 4. The van der Waals surface area contributed by atoms with Crippen molar-refractivity contribution in [2.24, 2.45) is 0 Å². The van der Waals surface area contributed by atoms with Crippen LogP contribution >= 0.6 is 23.2 Å². The molecule has 4 nitrogen and oxygen atoms in total. The normalized spacial score (nSPS) is 12.9. The van der Waals surface area contributed by atoms with E-state index in [1.165, 1.54) is 18.4 Å². The molecule has 24 heavy (non-hydrogen) atoms. The maximum atomic E-state index is 12.5. The Balaban J connectivity index is 1.83. The highest BCUT2D eigenvalue weighted by Gasteiger charge is 2.19. The molecule has 0 spiro atoms. The summed E-state index contributed by atoms with van der Waals surface area (Å²) in [6, 6.07) is 9.09. The van der Waals surface area contributed by atoms with Crippen LogP contribution in [0.2, 0.25) is 10.0 Å². The minimum atomic E-state index is -0.262. The van der Waals surface area contributed by atoms with Crippen LogP contribution < -0.4 is 15.0 Å². The number of anilines is 2. The standard InChI is InChI=1S/C18H18Cl2N2O2/c1-3-22-7-6-11-4-5-13(10-16(11)22)21-18(23)12-8-14(19)17(24-2)15(20)9-12/h4-5,8-10H,3,6-7H2,1-2H3,(H,21,23). The van der Waals surface area contributed by atoms with Crippen molar-refractivity contribution in [1.29, 1.82) is 0 Å². The molecule has 0 atom stereocenters. The van der Waals surface area contributed by atoms with Gasteiger partial charge in [0.25, 0.3) is 5.91 Å². The SMILES string of the molecule is CCN1CCc2ccc(NC(=O)c3cc(Cl)c(OC)c(Cl)c3)cc21. The topological polar surface area (TPSA) is 41.6 Å². The third-order valence-electron chi connectivity index (χ3n) is 4.18. The van der Waals surface area contributed by atoms with Gasteiger partial charge in [-0.25, -0.2) is 0 Å². The molecule has 0 bridgehead atoms. The summed E-state index contributed by atoms with van der Waals surface area (Å²) in [5, 5.41) is 3.51. The lowest BCUT2D eigenvalue weighted by Crippen LogP contribution is -2.19. The lowest BCUT2D eigenvalue weighted by Gasteiger charge is -2.17. The molecule has 2 aromatic rings. The molecule has 1 aliphatic rings. The quantitative estimate of drug-likeness (QED) is 0.859. The maximum Gasteiger partial charge on any atom is 0.255 e. The zero-order valence-corrected chi connectivity index (χ0v) is 15.0. The van der Waals surface area contributed by atoms with E-state index in [9.17, 15) is 4.79 Å².